The highest BCUT2D eigenvalue weighted by Gasteiger charge is 2.39. The SMILES string of the molecule is COc1nc(OC2CCN(C(=O)OC(C)(C)C)[C@@H]2C)c2cc(C(F)(F)F)c(Br)c(F)c2n1. The van der Waals surface area contributed by atoms with Gasteiger partial charge in [-0.3, -0.25) is 0 Å². The molecule has 1 fully saturated rings. The van der Waals surface area contributed by atoms with Crippen LogP contribution in [0.5, 0.6) is 11.9 Å². The monoisotopic (exact) mass is 523 g/mol. The molecule has 1 aliphatic rings. The predicted molar refractivity (Wildman–Crippen MR) is 110 cm³/mol. The summed E-state index contributed by atoms with van der Waals surface area (Å²) >= 11 is 2.66. The van der Waals surface area contributed by atoms with E-state index in [2.05, 4.69) is 25.9 Å². The Morgan fingerprint density at radius 1 is 1.25 bits per heavy atom. The van der Waals surface area contributed by atoms with Crippen molar-refractivity contribution in [3.05, 3.63) is 21.9 Å². The van der Waals surface area contributed by atoms with Gasteiger partial charge in [0.15, 0.2) is 5.82 Å². The van der Waals surface area contributed by atoms with Gasteiger partial charge in [0.05, 0.1) is 28.6 Å². The number of hydrogen-bond acceptors (Lipinski definition) is 6. The van der Waals surface area contributed by atoms with Crippen molar-refractivity contribution in [2.24, 2.45) is 0 Å². The molecule has 0 N–H and O–H groups in total. The fraction of sp³-hybridized carbons (Fsp3) is 0.550. The highest BCUT2D eigenvalue weighted by atomic mass is 79.9. The van der Waals surface area contributed by atoms with Gasteiger partial charge in [0.25, 0.3) is 0 Å². The largest absolute Gasteiger partial charge is 0.471 e. The molecule has 0 spiro atoms. The van der Waals surface area contributed by atoms with E-state index in [4.69, 9.17) is 14.2 Å². The molecule has 176 valence electrons. The second-order valence-electron chi connectivity index (χ2n) is 8.32. The minimum atomic E-state index is -4.82. The molecule has 0 bridgehead atoms. The Balaban J connectivity index is 2.00. The molecule has 3 rings (SSSR count). The van der Waals surface area contributed by atoms with Crippen molar-refractivity contribution in [2.45, 2.75) is 58.0 Å². The Morgan fingerprint density at radius 3 is 2.47 bits per heavy atom. The van der Waals surface area contributed by atoms with E-state index in [9.17, 15) is 22.4 Å². The topological polar surface area (TPSA) is 73.8 Å². The van der Waals surface area contributed by atoms with E-state index in [0.29, 0.717) is 13.0 Å². The number of aromatic nitrogens is 2. The molecule has 2 aromatic rings. The molecule has 1 unspecified atom stereocenters. The summed E-state index contributed by atoms with van der Waals surface area (Å²) in [6.45, 7) is 7.26. The molecule has 1 amide bonds. The summed E-state index contributed by atoms with van der Waals surface area (Å²) in [5.41, 5.74) is -2.30. The molecular formula is C20H22BrF4N3O4. The van der Waals surface area contributed by atoms with Gasteiger partial charge < -0.3 is 19.1 Å². The minimum Gasteiger partial charge on any atom is -0.471 e. The Kier molecular flexibility index (Phi) is 6.47. The van der Waals surface area contributed by atoms with Gasteiger partial charge in [-0.05, 0) is 49.7 Å². The average molecular weight is 524 g/mol. The first-order valence-electron chi connectivity index (χ1n) is 9.70. The number of alkyl halides is 3. The third-order valence-corrected chi connectivity index (χ3v) is 5.65. The predicted octanol–water partition coefficient (Wildman–Crippen LogP) is 5.34. The van der Waals surface area contributed by atoms with Crippen LogP contribution in [0.1, 0.15) is 39.7 Å². The van der Waals surface area contributed by atoms with Crippen LogP contribution >= 0.6 is 15.9 Å². The number of methoxy groups -OCH3 is 1. The zero-order chi connectivity index (χ0) is 24.0. The number of nitrogens with zero attached hydrogens (tertiary/aromatic N) is 3. The first-order valence-corrected chi connectivity index (χ1v) is 10.5. The molecule has 32 heavy (non-hydrogen) atoms. The Hall–Kier alpha value is -2.37. The van der Waals surface area contributed by atoms with E-state index in [-0.39, 0.29) is 22.8 Å². The molecular weight excluding hydrogens is 502 g/mol. The summed E-state index contributed by atoms with van der Waals surface area (Å²) < 4.78 is 70.5. The summed E-state index contributed by atoms with van der Waals surface area (Å²) in [6, 6.07) is -0.0151. The van der Waals surface area contributed by atoms with E-state index in [1.807, 2.05) is 0 Å². The summed E-state index contributed by atoms with van der Waals surface area (Å²) in [5.74, 6) is -1.48. The molecule has 12 heteroatoms. The first-order chi connectivity index (χ1) is 14.7. The quantitative estimate of drug-likeness (QED) is 0.506. The second-order valence-corrected chi connectivity index (χ2v) is 9.11. The number of ether oxygens (including phenoxy) is 3. The van der Waals surface area contributed by atoms with Crippen molar-refractivity contribution in [1.29, 1.82) is 0 Å². The summed E-state index contributed by atoms with van der Waals surface area (Å²) in [7, 11) is 1.24. The molecule has 2 heterocycles. The van der Waals surface area contributed by atoms with E-state index in [0.717, 1.165) is 6.07 Å². The molecule has 0 radical (unpaired) electrons. The Labute approximate surface area is 190 Å². The Bertz CT molecular complexity index is 1040. The fourth-order valence-corrected chi connectivity index (χ4v) is 3.86. The number of benzene rings is 1. The third kappa shape index (κ3) is 4.84. The van der Waals surface area contributed by atoms with Crippen LogP contribution in [-0.4, -0.2) is 52.4 Å². The smallest absolute Gasteiger partial charge is 0.417 e. The van der Waals surface area contributed by atoms with Crippen LogP contribution in [0.3, 0.4) is 0 Å². The van der Waals surface area contributed by atoms with E-state index in [1.54, 1.807) is 27.7 Å². The maximum absolute atomic E-state index is 14.8. The van der Waals surface area contributed by atoms with Crippen molar-refractivity contribution < 1.29 is 36.6 Å². The first kappa shape index (κ1) is 24.3. The zero-order valence-electron chi connectivity index (χ0n) is 18.0. The lowest BCUT2D eigenvalue weighted by Crippen LogP contribution is -2.42. The normalized spacial score (nSPS) is 19.4. The zero-order valence-corrected chi connectivity index (χ0v) is 19.6. The van der Waals surface area contributed by atoms with Crippen molar-refractivity contribution in [1.82, 2.24) is 14.9 Å². The maximum Gasteiger partial charge on any atom is 0.417 e. The van der Waals surface area contributed by atoms with Crippen LogP contribution < -0.4 is 9.47 Å². The van der Waals surface area contributed by atoms with Crippen LogP contribution in [0.15, 0.2) is 10.5 Å². The van der Waals surface area contributed by atoms with Crippen molar-refractivity contribution in [2.75, 3.05) is 13.7 Å². The lowest BCUT2D eigenvalue weighted by Gasteiger charge is -2.28. The van der Waals surface area contributed by atoms with Crippen LogP contribution in [0.2, 0.25) is 0 Å². The van der Waals surface area contributed by atoms with Gasteiger partial charge in [-0.2, -0.15) is 23.1 Å². The van der Waals surface area contributed by atoms with Crippen LogP contribution in [0.4, 0.5) is 22.4 Å². The lowest BCUT2D eigenvalue weighted by atomic mass is 10.1. The number of rotatable bonds is 3. The standard InChI is InChI=1S/C20H22BrF4N3O4/c1-9-12(6-7-28(9)18(29)32-19(2,3)4)31-16-10-8-11(20(23,24)25)13(21)14(22)15(10)26-17(27-16)30-5/h8-9,12H,6-7H2,1-5H3/t9-,12?/m1/s1. The number of fused-ring (bicyclic) bond motifs is 1. The summed E-state index contributed by atoms with van der Waals surface area (Å²) in [6.07, 6.45) is -5.60. The average Bonchev–Trinajstić information content (AvgIpc) is 3.02. The van der Waals surface area contributed by atoms with Gasteiger partial charge in [-0.1, -0.05) is 0 Å². The number of hydrogen-bond donors (Lipinski definition) is 0. The summed E-state index contributed by atoms with van der Waals surface area (Å²) in [5, 5.41) is -0.262. The number of carbonyl (C=O) groups is 1. The number of halogens is 5. The Morgan fingerprint density at radius 2 is 1.91 bits per heavy atom. The third-order valence-electron chi connectivity index (χ3n) is 4.88. The fourth-order valence-electron chi connectivity index (χ4n) is 3.33. The second kappa shape index (κ2) is 8.53. The van der Waals surface area contributed by atoms with Gasteiger partial charge in [-0.25, -0.2) is 9.18 Å². The molecule has 2 atom stereocenters. The van der Waals surface area contributed by atoms with Gasteiger partial charge in [-0.15, -0.1) is 0 Å². The van der Waals surface area contributed by atoms with Crippen molar-refractivity contribution in [3.63, 3.8) is 0 Å². The van der Waals surface area contributed by atoms with Gasteiger partial charge >= 0.3 is 18.3 Å². The highest BCUT2D eigenvalue weighted by molar-refractivity contribution is 9.10. The number of carbonyl (C=O) groups excluding carboxylic acids is 1. The molecule has 0 saturated carbocycles. The van der Waals surface area contributed by atoms with Crippen LogP contribution in [-0.2, 0) is 10.9 Å². The molecule has 1 aromatic carbocycles. The molecule has 7 nitrogen and oxygen atoms in total. The molecule has 1 aliphatic heterocycles. The number of likely N-dealkylation sites (tertiary alicyclic amines) is 1. The van der Waals surface area contributed by atoms with E-state index in [1.165, 1.54) is 12.0 Å². The number of amides is 1. The maximum atomic E-state index is 14.8. The van der Waals surface area contributed by atoms with E-state index < -0.39 is 45.9 Å². The van der Waals surface area contributed by atoms with Crippen molar-refractivity contribution >= 4 is 32.9 Å². The molecule has 1 aromatic heterocycles. The minimum absolute atomic E-state index is 0.262. The van der Waals surface area contributed by atoms with Gasteiger partial charge in [0.1, 0.15) is 17.2 Å². The van der Waals surface area contributed by atoms with Gasteiger partial charge in [0.2, 0.25) is 5.88 Å². The molecule has 0 aliphatic carbocycles. The van der Waals surface area contributed by atoms with Crippen LogP contribution in [0.25, 0.3) is 10.9 Å². The summed E-state index contributed by atoms with van der Waals surface area (Å²) in [4.78, 5) is 21.8. The lowest BCUT2D eigenvalue weighted by molar-refractivity contribution is -0.138. The van der Waals surface area contributed by atoms with E-state index >= 15 is 0 Å². The highest BCUT2D eigenvalue weighted by Crippen LogP contribution is 2.41. The van der Waals surface area contributed by atoms with Gasteiger partial charge in [0, 0.05) is 13.0 Å². The van der Waals surface area contributed by atoms with Crippen LogP contribution in [0, 0.1) is 5.82 Å². The molecule has 1 saturated heterocycles. The van der Waals surface area contributed by atoms with Crippen molar-refractivity contribution in [3.8, 4) is 11.9 Å².